The molecule has 0 spiro atoms. The van der Waals surface area contributed by atoms with Crippen LogP contribution in [0.1, 0.15) is 187 Å². The Kier molecular flexibility index (Phi) is 36.4. The van der Waals surface area contributed by atoms with Crippen molar-refractivity contribution in [3.05, 3.63) is 48.6 Å². The van der Waals surface area contributed by atoms with E-state index in [2.05, 4.69) is 62.5 Å². The number of ether oxygens (including phenoxy) is 2. The van der Waals surface area contributed by atoms with Crippen LogP contribution in [0.15, 0.2) is 48.6 Å². The van der Waals surface area contributed by atoms with Gasteiger partial charge in [0.2, 0.25) is 0 Å². The molecule has 1 fully saturated rings. The number of phosphoric acid groups is 1. The SMILES string of the molecule is CC/C=C\C/C=C\C/C=C\C/C=C\CCCCCCCCCCCOCC(COP(=O)(O)OC1C(O)C(O)C(O)C(O)C1O)OC(=O)CCCCCCCCCCCCCC. The number of hydrogen-bond donors (Lipinski definition) is 6. The second-order valence-corrected chi connectivity index (χ2v) is 18.0. The Bertz CT molecular complexity index is 1190. The molecule has 1 saturated carbocycles. The van der Waals surface area contributed by atoms with E-state index in [1.807, 2.05) is 0 Å². The molecule has 0 aromatic heterocycles. The van der Waals surface area contributed by atoms with Gasteiger partial charge < -0.3 is 39.9 Å². The van der Waals surface area contributed by atoms with Gasteiger partial charge in [-0.25, -0.2) is 4.57 Å². The number of aliphatic hydroxyl groups excluding tert-OH is 5. The first-order valence-corrected chi connectivity index (χ1v) is 25.5. The monoisotopic (exact) mass is 887 g/mol. The highest BCUT2D eigenvalue weighted by Crippen LogP contribution is 2.47. The Morgan fingerprint density at radius 3 is 1.48 bits per heavy atom. The lowest BCUT2D eigenvalue weighted by molar-refractivity contribution is -0.220. The van der Waals surface area contributed by atoms with Crippen LogP contribution in [-0.2, 0) is 27.9 Å². The molecule has 0 aliphatic heterocycles. The predicted molar refractivity (Wildman–Crippen MR) is 244 cm³/mol. The predicted octanol–water partition coefficient (Wildman–Crippen LogP) is 10.0. The maximum absolute atomic E-state index is 12.8. The van der Waals surface area contributed by atoms with Crippen molar-refractivity contribution in [3.8, 4) is 0 Å². The number of phosphoric ester groups is 1. The van der Waals surface area contributed by atoms with Crippen molar-refractivity contribution >= 4 is 13.8 Å². The van der Waals surface area contributed by atoms with Crippen molar-refractivity contribution in [2.75, 3.05) is 19.8 Å². The Morgan fingerprint density at radius 2 is 0.967 bits per heavy atom. The molecule has 6 unspecified atom stereocenters. The Morgan fingerprint density at radius 1 is 0.541 bits per heavy atom. The molecule has 12 nitrogen and oxygen atoms in total. The summed E-state index contributed by atoms with van der Waals surface area (Å²) in [4.78, 5) is 23.1. The van der Waals surface area contributed by atoms with Gasteiger partial charge in [-0.15, -0.1) is 0 Å². The molecule has 356 valence electrons. The third kappa shape index (κ3) is 30.9. The van der Waals surface area contributed by atoms with Crippen LogP contribution in [0.4, 0.5) is 0 Å². The summed E-state index contributed by atoms with van der Waals surface area (Å²) in [6, 6.07) is 0. The molecule has 6 atom stereocenters. The summed E-state index contributed by atoms with van der Waals surface area (Å²) in [6.45, 7) is 4.13. The van der Waals surface area contributed by atoms with E-state index in [1.165, 1.54) is 83.5 Å². The zero-order chi connectivity index (χ0) is 44.8. The van der Waals surface area contributed by atoms with Gasteiger partial charge in [0, 0.05) is 13.0 Å². The van der Waals surface area contributed by atoms with Gasteiger partial charge in [0.1, 0.15) is 42.7 Å². The Hall–Kier alpha value is -1.70. The minimum atomic E-state index is -5.02. The number of aliphatic hydroxyl groups is 5. The quantitative estimate of drug-likeness (QED) is 0.0148. The molecule has 0 aromatic rings. The van der Waals surface area contributed by atoms with Crippen LogP contribution < -0.4 is 0 Å². The Labute approximate surface area is 369 Å². The van der Waals surface area contributed by atoms with Gasteiger partial charge in [0.15, 0.2) is 0 Å². The normalized spacial score (nSPS) is 22.6. The summed E-state index contributed by atoms with van der Waals surface area (Å²) in [5.41, 5.74) is 0. The van der Waals surface area contributed by atoms with Crippen LogP contribution in [0, 0.1) is 0 Å². The van der Waals surface area contributed by atoms with Crippen molar-refractivity contribution in [3.63, 3.8) is 0 Å². The smallest absolute Gasteiger partial charge is 0.457 e. The van der Waals surface area contributed by atoms with Crippen molar-refractivity contribution in [1.82, 2.24) is 0 Å². The maximum atomic E-state index is 12.8. The number of allylic oxidation sites excluding steroid dienone is 8. The standard InChI is InChI=1S/C48H87O12P/c1-3-5-7-9-11-13-15-17-18-19-20-21-22-23-24-25-26-28-30-32-34-36-38-57-39-41(59-42(49)37-35-33-31-29-27-16-14-12-10-8-6-4-2)40-58-61(55,56)60-48-46(53)44(51)43(50)45(52)47(48)54/h5,7,11,13,17-18,20-21,41,43-48,50-54H,3-4,6,8-10,12,14-16,19,22-40H2,1-2H3,(H,55,56)/b7-5-,13-11-,18-17-,21-20-. The van der Waals surface area contributed by atoms with Crippen molar-refractivity contribution in [2.24, 2.45) is 0 Å². The van der Waals surface area contributed by atoms with E-state index in [0.717, 1.165) is 77.0 Å². The zero-order valence-electron chi connectivity index (χ0n) is 38.0. The third-order valence-corrected chi connectivity index (χ3v) is 12.0. The molecule has 1 aliphatic carbocycles. The van der Waals surface area contributed by atoms with Crippen LogP contribution in [0.2, 0.25) is 0 Å². The maximum Gasteiger partial charge on any atom is 0.472 e. The average molecular weight is 887 g/mol. The lowest BCUT2D eigenvalue weighted by Crippen LogP contribution is -2.64. The number of hydrogen-bond acceptors (Lipinski definition) is 11. The second kappa shape index (κ2) is 38.7. The topological polar surface area (TPSA) is 192 Å². The number of rotatable bonds is 40. The van der Waals surface area contributed by atoms with Gasteiger partial charge in [0.05, 0.1) is 13.2 Å². The second-order valence-electron chi connectivity index (χ2n) is 16.6. The minimum absolute atomic E-state index is 0.0800. The van der Waals surface area contributed by atoms with Crippen LogP contribution in [0.3, 0.4) is 0 Å². The molecular weight excluding hydrogens is 799 g/mol. The highest BCUT2D eigenvalue weighted by Gasteiger charge is 2.51. The van der Waals surface area contributed by atoms with Crippen LogP contribution in [0.5, 0.6) is 0 Å². The molecule has 61 heavy (non-hydrogen) atoms. The van der Waals surface area contributed by atoms with E-state index < -0.39 is 63.1 Å². The van der Waals surface area contributed by atoms with E-state index >= 15 is 0 Å². The largest absolute Gasteiger partial charge is 0.472 e. The minimum Gasteiger partial charge on any atom is -0.457 e. The van der Waals surface area contributed by atoms with Crippen molar-refractivity contribution in [1.29, 1.82) is 0 Å². The summed E-state index contributed by atoms with van der Waals surface area (Å²) < 4.78 is 34.2. The van der Waals surface area contributed by atoms with Gasteiger partial charge >= 0.3 is 13.8 Å². The lowest BCUT2D eigenvalue weighted by atomic mass is 9.85. The summed E-state index contributed by atoms with van der Waals surface area (Å²) in [7, 11) is -5.02. The van der Waals surface area contributed by atoms with Gasteiger partial charge in [-0.05, 0) is 51.4 Å². The molecule has 0 radical (unpaired) electrons. The number of esters is 1. The highest BCUT2D eigenvalue weighted by atomic mass is 31.2. The molecule has 0 saturated heterocycles. The fourth-order valence-corrected chi connectivity index (χ4v) is 8.14. The number of carbonyl (C=O) groups is 1. The van der Waals surface area contributed by atoms with Gasteiger partial charge in [0.25, 0.3) is 0 Å². The fourth-order valence-electron chi connectivity index (χ4n) is 7.17. The third-order valence-electron chi connectivity index (χ3n) is 11.0. The summed E-state index contributed by atoms with van der Waals surface area (Å²) in [5, 5.41) is 50.2. The van der Waals surface area contributed by atoms with E-state index in [9.17, 15) is 39.8 Å². The van der Waals surface area contributed by atoms with Gasteiger partial charge in [-0.1, -0.05) is 178 Å². The van der Waals surface area contributed by atoms with Gasteiger partial charge in [-0.2, -0.15) is 0 Å². The van der Waals surface area contributed by atoms with E-state index in [-0.39, 0.29) is 13.0 Å². The lowest BCUT2D eigenvalue weighted by Gasteiger charge is -2.41. The summed E-state index contributed by atoms with van der Waals surface area (Å²) in [6.07, 6.45) is 34.7. The molecule has 1 rings (SSSR count). The van der Waals surface area contributed by atoms with Crippen LogP contribution >= 0.6 is 7.82 Å². The van der Waals surface area contributed by atoms with Gasteiger partial charge in [-0.3, -0.25) is 13.8 Å². The van der Waals surface area contributed by atoms with E-state index in [0.29, 0.717) is 13.0 Å². The van der Waals surface area contributed by atoms with Crippen molar-refractivity contribution in [2.45, 2.75) is 230 Å². The molecular formula is C48H87O12P. The molecule has 0 bridgehead atoms. The highest BCUT2D eigenvalue weighted by molar-refractivity contribution is 7.47. The fraction of sp³-hybridized carbons (Fsp3) is 0.812. The zero-order valence-corrected chi connectivity index (χ0v) is 38.8. The molecule has 1 aliphatic rings. The van der Waals surface area contributed by atoms with Crippen molar-refractivity contribution < 1.29 is 58.3 Å². The van der Waals surface area contributed by atoms with Crippen LogP contribution in [0.25, 0.3) is 0 Å². The molecule has 6 N–H and O–H groups in total. The molecule has 13 heteroatoms. The van der Waals surface area contributed by atoms with Crippen LogP contribution in [-0.4, -0.2) is 98.9 Å². The first-order chi connectivity index (χ1) is 29.5. The first-order valence-electron chi connectivity index (χ1n) is 24.0. The Balaban J connectivity index is 2.34. The van der Waals surface area contributed by atoms with E-state index in [4.69, 9.17) is 18.5 Å². The average Bonchev–Trinajstić information content (AvgIpc) is 3.24. The molecule has 0 aromatic carbocycles. The van der Waals surface area contributed by atoms with E-state index in [1.54, 1.807) is 0 Å². The first kappa shape index (κ1) is 57.3. The number of carbonyl (C=O) groups excluding carboxylic acids is 1. The molecule has 0 amide bonds. The molecule has 0 heterocycles. The number of unbranched alkanes of at least 4 members (excludes halogenated alkanes) is 20. The summed E-state index contributed by atoms with van der Waals surface area (Å²) in [5.74, 6) is -0.480. The summed E-state index contributed by atoms with van der Waals surface area (Å²) >= 11 is 0.